The quantitative estimate of drug-likeness (QED) is 0.722. The average molecular weight is 358 g/mol. The number of amides is 1. The summed E-state index contributed by atoms with van der Waals surface area (Å²) in [5.74, 6) is 1.32. The van der Waals surface area contributed by atoms with Crippen LogP contribution in [0, 0.1) is 0 Å². The Kier molecular flexibility index (Phi) is 5.30. The number of methoxy groups -OCH3 is 1. The molecular formula is C18H16ClN3O3. The molecule has 0 aliphatic carbocycles. The maximum absolute atomic E-state index is 12.1. The first kappa shape index (κ1) is 17.0. The van der Waals surface area contributed by atoms with E-state index in [1.807, 2.05) is 30.3 Å². The molecule has 0 saturated heterocycles. The van der Waals surface area contributed by atoms with Crippen LogP contribution in [-0.2, 0) is 11.2 Å². The normalized spacial score (nSPS) is 10.5. The minimum atomic E-state index is -0.166. The van der Waals surface area contributed by atoms with Crippen LogP contribution in [0.5, 0.6) is 5.75 Å². The van der Waals surface area contributed by atoms with Gasteiger partial charge in [-0.2, -0.15) is 4.98 Å². The molecule has 25 heavy (non-hydrogen) atoms. The number of aryl methyl sites for hydroxylation is 1. The highest BCUT2D eigenvalue weighted by Crippen LogP contribution is 2.27. The standard InChI is InChI=1S/C18H16ClN3O3/c1-24-15-8-7-13(11-14(15)19)20-16(23)9-10-17-21-18(22-25-17)12-5-3-2-4-6-12/h2-8,11H,9-10H2,1H3,(H,20,23). The van der Waals surface area contributed by atoms with E-state index < -0.39 is 0 Å². The molecule has 7 heteroatoms. The maximum Gasteiger partial charge on any atom is 0.227 e. The first-order valence-corrected chi connectivity index (χ1v) is 8.05. The van der Waals surface area contributed by atoms with Crippen LogP contribution in [0.3, 0.4) is 0 Å². The molecule has 1 N–H and O–H groups in total. The first-order chi connectivity index (χ1) is 12.2. The summed E-state index contributed by atoms with van der Waals surface area (Å²) in [6.07, 6.45) is 0.579. The third-order valence-corrected chi connectivity index (χ3v) is 3.80. The van der Waals surface area contributed by atoms with Crippen molar-refractivity contribution in [2.24, 2.45) is 0 Å². The van der Waals surface area contributed by atoms with Gasteiger partial charge in [-0.25, -0.2) is 0 Å². The van der Waals surface area contributed by atoms with Crippen LogP contribution < -0.4 is 10.1 Å². The largest absolute Gasteiger partial charge is 0.495 e. The highest BCUT2D eigenvalue weighted by molar-refractivity contribution is 6.32. The number of carbonyl (C=O) groups is 1. The summed E-state index contributed by atoms with van der Waals surface area (Å²) in [6.45, 7) is 0. The maximum atomic E-state index is 12.1. The molecule has 3 rings (SSSR count). The van der Waals surface area contributed by atoms with Crippen LogP contribution in [0.1, 0.15) is 12.3 Å². The first-order valence-electron chi connectivity index (χ1n) is 7.67. The zero-order valence-corrected chi connectivity index (χ0v) is 14.3. The molecule has 0 aliphatic rings. The van der Waals surface area contributed by atoms with E-state index in [0.29, 0.717) is 34.6 Å². The fourth-order valence-corrected chi connectivity index (χ4v) is 2.51. The molecule has 0 spiro atoms. The number of rotatable bonds is 6. The number of nitrogens with zero attached hydrogens (tertiary/aromatic N) is 2. The summed E-state index contributed by atoms with van der Waals surface area (Å²) in [5.41, 5.74) is 1.47. The molecule has 1 amide bonds. The van der Waals surface area contributed by atoms with E-state index in [1.54, 1.807) is 18.2 Å². The Bertz CT molecular complexity index is 865. The molecule has 1 heterocycles. The van der Waals surface area contributed by atoms with Crippen LogP contribution in [0.4, 0.5) is 5.69 Å². The topological polar surface area (TPSA) is 77.2 Å². The van der Waals surface area contributed by atoms with Crippen LogP contribution in [-0.4, -0.2) is 23.2 Å². The predicted molar refractivity (Wildman–Crippen MR) is 94.7 cm³/mol. The molecule has 0 fully saturated rings. The lowest BCUT2D eigenvalue weighted by atomic mass is 10.2. The van der Waals surface area contributed by atoms with Crippen molar-refractivity contribution in [3.05, 3.63) is 59.4 Å². The van der Waals surface area contributed by atoms with E-state index in [4.69, 9.17) is 20.9 Å². The van der Waals surface area contributed by atoms with E-state index in [1.165, 1.54) is 7.11 Å². The Morgan fingerprint density at radius 1 is 1.24 bits per heavy atom. The second kappa shape index (κ2) is 7.81. The van der Waals surface area contributed by atoms with Crippen LogP contribution >= 0.6 is 11.6 Å². The lowest BCUT2D eigenvalue weighted by molar-refractivity contribution is -0.116. The van der Waals surface area contributed by atoms with Gasteiger partial charge in [-0.15, -0.1) is 0 Å². The molecule has 0 saturated carbocycles. The summed E-state index contributed by atoms with van der Waals surface area (Å²) in [7, 11) is 1.54. The van der Waals surface area contributed by atoms with Crippen LogP contribution in [0.25, 0.3) is 11.4 Å². The minimum absolute atomic E-state index is 0.166. The molecule has 1 aromatic heterocycles. The number of ether oxygens (including phenoxy) is 1. The molecule has 0 radical (unpaired) electrons. The SMILES string of the molecule is COc1ccc(NC(=O)CCc2nc(-c3ccccc3)no2)cc1Cl. The molecule has 0 unspecified atom stereocenters. The summed E-state index contributed by atoms with van der Waals surface area (Å²) in [4.78, 5) is 16.4. The molecule has 2 aromatic carbocycles. The Hall–Kier alpha value is -2.86. The average Bonchev–Trinajstić information content (AvgIpc) is 3.10. The van der Waals surface area contributed by atoms with Gasteiger partial charge in [-0.05, 0) is 18.2 Å². The zero-order valence-electron chi connectivity index (χ0n) is 13.5. The van der Waals surface area contributed by atoms with Gasteiger partial charge in [-0.3, -0.25) is 4.79 Å². The number of benzene rings is 2. The van der Waals surface area contributed by atoms with E-state index in [9.17, 15) is 4.79 Å². The highest BCUT2D eigenvalue weighted by atomic mass is 35.5. The van der Waals surface area contributed by atoms with Crippen molar-refractivity contribution in [3.8, 4) is 17.1 Å². The second-order valence-corrected chi connectivity index (χ2v) is 5.68. The predicted octanol–water partition coefficient (Wildman–Crippen LogP) is 3.97. The zero-order chi connectivity index (χ0) is 17.6. The lowest BCUT2D eigenvalue weighted by Crippen LogP contribution is -2.12. The fraction of sp³-hybridized carbons (Fsp3) is 0.167. The third-order valence-electron chi connectivity index (χ3n) is 3.50. The van der Waals surface area contributed by atoms with Gasteiger partial charge in [0, 0.05) is 24.1 Å². The third kappa shape index (κ3) is 4.36. The van der Waals surface area contributed by atoms with Crippen molar-refractivity contribution in [2.75, 3.05) is 12.4 Å². The number of aromatic nitrogens is 2. The Balaban J connectivity index is 1.56. The number of hydrogen-bond donors (Lipinski definition) is 1. The summed E-state index contributed by atoms with van der Waals surface area (Å²) < 4.78 is 10.3. The Morgan fingerprint density at radius 3 is 2.76 bits per heavy atom. The molecule has 3 aromatic rings. The van der Waals surface area contributed by atoms with Crippen molar-refractivity contribution in [3.63, 3.8) is 0 Å². The molecule has 6 nitrogen and oxygen atoms in total. The van der Waals surface area contributed by atoms with E-state index in [0.717, 1.165) is 5.56 Å². The summed E-state index contributed by atoms with van der Waals surface area (Å²) in [5, 5.41) is 7.14. The van der Waals surface area contributed by atoms with Crippen molar-refractivity contribution in [2.45, 2.75) is 12.8 Å². The smallest absolute Gasteiger partial charge is 0.227 e. The number of anilines is 1. The monoisotopic (exact) mass is 357 g/mol. The van der Waals surface area contributed by atoms with Gasteiger partial charge in [0.2, 0.25) is 17.6 Å². The minimum Gasteiger partial charge on any atom is -0.495 e. The van der Waals surface area contributed by atoms with Gasteiger partial charge in [0.1, 0.15) is 5.75 Å². The molecular weight excluding hydrogens is 342 g/mol. The van der Waals surface area contributed by atoms with E-state index in [-0.39, 0.29) is 12.3 Å². The lowest BCUT2D eigenvalue weighted by Gasteiger charge is -2.07. The summed E-state index contributed by atoms with van der Waals surface area (Å²) in [6, 6.07) is 14.6. The van der Waals surface area contributed by atoms with Crippen molar-refractivity contribution < 1.29 is 14.1 Å². The molecule has 0 atom stereocenters. The number of carbonyl (C=O) groups excluding carboxylic acids is 1. The highest BCUT2D eigenvalue weighted by Gasteiger charge is 2.11. The van der Waals surface area contributed by atoms with E-state index >= 15 is 0 Å². The Morgan fingerprint density at radius 2 is 2.04 bits per heavy atom. The van der Waals surface area contributed by atoms with Gasteiger partial charge in [-0.1, -0.05) is 47.1 Å². The fourth-order valence-electron chi connectivity index (χ4n) is 2.25. The van der Waals surface area contributed by atoms with Crippen molar-refractivity contribution in [1.29, 1.82) is 0 Å². The Labute approximate surface area is 149 Å². The molecule has 128 valence electrons. The van der Waals surface area contributed by atoms with Crippen molar-refractivity contribution in [1.82, 2.24) is 10.1 Å². The van der Waals surface area contributed by atoms with Gasteiger partial charge < -0.3 is 14.6 Å². The second-order valence-electron chi connectivity index (χ2n) is 5.28. The van der Waals surface area contributed by atoms with Crippen LogP contribution in [0.15, 0.2) is 53.1 Å². The van der Waals surface area contributed by atoms with Crippen molar-refractivity contribution >= 4 is 23.2 Å². The summed E-state index contributed by atoms with van der Waals surface area (Å²) >= 11 is 6.04. The molecule has 0 aliphatic heterocycles. The van der Waals surface area contributed by atoms with Crippen LogP contribution in [0.2, 0.25) is 5.02 Å². The van der Waals surface area contributed by atoms with Gasteiger partial charge in [0.15, 0.2) is 0 Å². The van der Waals surface area contributed by atoms with Gasteiger partial charge in [0.05, 0.1) is 12.1 Å². The van der Waals surface area contributed by atoms with Gasteiger partial charge in [0.25, 0.3) is 0 Å². The number of hydrogen-bond acceptors (Lipinski definition) is 5. The van der Waals surface area contributed by atoms with E-state index in [2.05, 4.69) is 15.5 Å². The van der Waals surface area contributed by atoms with Gasteiger partial charge >= 0.3 is 0 Å². The molecule has 0 bridgehead atoms. The number of halogens is 1. The number of nitrogens with one attached hydrogen (secondary N) is 1.